The second-order valence-electron chi connectivity index (χ2n) is 3.32. The van der Waals surface area contributed by atoms with Crippen molar-refractivity contribution in [1.82, 2.24) is 15.4 Å². The predicted molar refractivity (Wildman–Crippen MR) is 56.4 cm³/mol. The van der Waals surface area contributed by atoms with E-state index in [-0.39, 0.29) is 11.1 Å². The van der Waals surface area contributed by atoms with Gasteiger partial charge in [-0.05, 0) is 25.1 Å². The van der Waals surface area contributed by atoms with Crippen LogP contribution in [0, 0.1) is 6.92 Å². The van der Waals surface area contributed by atoms with Crippen LogP contribution in [0.25, 0.3) is 10.9 Å². The van der Waals surface area contributed by atoms with Crippen molar-refractivity contribution in [2.24, 2.45) is 0 Å². The maximum absolute atomic E-state index is 11.5. The molecule has 1 heterocycles. The van der Waals surface area contributed by atoms with Crippen molar-refractivity contribution in [2.75, 3.05) is 0 Å². The maximum atomic E-state index is 11.5. The molecule has 0 bridgehead atoms. The zero-order chi connectivity index (χ0) is 11.7. The molecule has 0 aliphatic carbocycles. The zero-order valence-corrected chi connectivity index (χ0v) is 8.44. The molecule has 0 atom stereocenters. The highest BCUT2D eigenvalue weighted by atomic mass is 16.5. The number of fused-ring (bicyclic) bond motifs is 1. The average Bonchev–Trinajstić information content (AvgIpc) is 2.27. The Hall–Kier alpha value is -2.21. The first-order valence-corrected chi connectivity index (χ1v) is 4.57. The van der Waals surface area contributed by atoms with E-state index in [0.717, 1.165) is 0 Å². The first-order chi connectivity index (χ1) is 7.61. The van der Waals surface area contributed by atoms with E-state index in [1.54, 1.807) is 6.92 Å². The van der Waals surface area contributed by atoms with Gasteiger partial charge in [0.25, 0.3) is 11.5 Å². The van der Waals surface area contributed by atoms with Crippen LogP contribution in [-0.4, -0.2) is 21.1 Å². The van der Waals surface area contributed by atoms with E-state index < -0.39 is 5.91 Å². The lowest BCUT2D eigenvalue weighted by atomic mass is 10.1. The number of aryl methyl sites for hydroxylation is 1. The molecule has 0 fully saturated rings. The Morgan fingerprint density at radius 3 is 2.94 bits per heavy atom. The summed E-state index contributed by atoms with van der Waals surface area (Å²) >= 11 is 0. The molecule has 0 saturated carbocycles. The fraction of sp³-hybridized carbons (Fsp3) is 0.100. The lowest BCUT2D eigenvalue weighted by Crippen LogP contribution is -2.19. The quantitative estimate of drug-likeness (QED) is 0.476. The predicted octanol–water partition coefficient (Wildman–Crippen LogP) is 0.351. The number of carbonyl (C=O) groups excluding carboxylic acids is 1. The first kappa shape index (κ1) is 10.3. The smallest absolute Gasteiger partial charge is 0.274 e. The monoisotopic (exact) mass is 219 g/mol. The Balaban J connectivity index is 2.71. The van der Waals surface area contributed by atoms with Gasteiger partial charge in [0.2, 0.25) is 0 Å². The van der Waals surface area contributed by atoms with Crippen LogP contribution < -0.4 is 11.0 Å². The normalized spacial score (nSPS) is 10.4. The van der Waals surface area contributed by atoms with E-state index in [2.05, 4.69) is 9.97 Å². The largest absolute Gasteiger partial charge is 0.310 e. The first-order valence-electron chi connectivity index (χ1n) is 4.57. The Kier molecular flexibility index (Phi) is 2.41. The number of carbonyl (C=O) groups is 1. The van der Waals surface area contributed by atoms with Crippen molar-refractivity contribution >= 4 is 16.8 Å². The average molecular weight is 219 g/mol. The Morgan fingerprint density at radius 2 is 2.25 bits per heavy atom. The second-order valence-corrected chi connectivity index (χ2v) is 3.32. The summed E-state index contributed by atoms with van der Waals surface area (Å²) in [6, 6.07) is 4.38. The number of nitrogens with one attached hydrogen (secondary N) is 2. The van der Waals surface area contributed by atoms with Crippen LogP contribution in [0.3, 0.4) is 0 Å². The third-order valence-corrected chi connectivity index (χ3v) is 2.19. The van der Waals surface area contributed by atoms with Gasteiger partial charge in [-0.25, -0.2) is 10.5 Å². The van der Waals surface area contributed by atoms with Gasteiger partial charge < -0.3 is 4.98 Å². The number of benzene rings is 1. The molecule has 0 spiro atoms. The van der Waals surface area contributed by atoms with Gasteiger partial charge in [0.15, 0.2) is 0 Å². The van der Waals surface area contributed by atoms with Crippen molar-refractivity contribution in [2.45, 2.75) is 6.92 Å². The van der Waals surface area contributed by atoms with Crippen LogP contribution in [0.2, 0.25) is 0 Å². The van der Waals surface area contributed by atoms with Crippen molar-refractivity contribution in [1.29, 1.82) is 0 Å². The van der Waals surface area contributed by atoms with Crippen LogP contribution in [0.1, 0.15) is 16.2 Å². The van der Waals surface area contributed by atoms with Crippen LogP contribution in [0.5, 0.6) is 0 Å². The van der Waals surface area contributed by atoms with Gasteiger partial charge in [-0.1, -0.05) is 0 Å². The highest BCUT2D eigenvalue weighted by molar-refractivity contribution is 5.96. The SMILES string of the molecule is Cc1nc2cc(C(=O)NO)ccc2c(=O)[nH]1. The number of nitrogens with zero attached hydrogens (tertiary/aromatic N) is 1. The molecular formula is C10H9N3O3. The van der Waals surface area contributed by atoms with Crippen LogP contribution in [0.4, 0.5) is 0 Å². The van der Waals surface area contributed by atoms with Gasteiger partial charge >= 0.3 is 0 Å². The van der Waals surface area contributed by atoms with Gasteiger partial charge in [-0.15, -0.1) is 0 Å². The van der Waals surface area contributed by atoms with E-state index in [1.807, 2.05) is 0 Å². The highest BCUT2D eigenvalue weighted by Crippen LogP contribution is 2.10. The standard InChI is InChI=1S/C10H9N3O3/c1-5-11-8-4-6(9(14)13-16)2-3-7(8)10(15)12-5/h2-4,16H,1H3,(H,13,14)(H,11,12,15). The lowest BCUT2D eigenvalue weighted by molar-refractivity contribution is 0.0706. The highest BCUT2D eigenvalue weighted by Gasteiger charge is 2.07. The fourth-order valence-electron chi connectivity index (χ4n) is 1.46. The number of hydrogen-bond donors (Lipinski definition) is 3. The van der Waals surface area contributed by atoms with Gasteiger partial charge in [-0.2, -0.15) is 0 Å². The van der Waals surface area contributed by atoms with E-state index in [0.29, 0.717) is 16.7 Å². The second kappa shape index (κ2) is 3.74. The molecule has 6 nitrogen and oxygen atoms in total. The van der Waals surface area contributed by atoms with Gasteiger partial charge in [0.1, 0.15) is 5.82 Å². The molecule has 0 radical (unpaired) electrons. The summed E-state index contributed by atoms with van der Waals surface area (Å²) in [5.41, 5.74) is 1.93. The van der Waals surface area contributed by atoms with Crippen molar-refractivity contribution in [3.63, 3.8) is 0 Å². The molecule has 16 heavy (non-hydrogen) atoms. The molecular weight excluding hydrogens is 210 g/mol. The number of hydrogen-bond acceptors (Lipinski definition) is 4. The number of rotatable bonds is 1. The third kappa shape index (κ3) is 1.66. The van der Waals surface area contributed by atoms with E-state index in [9.17, 15) is 9.59 Å². The Labute approximate surface area is 89.9 Å². The van der Waals surface area contributed by atoms with E-state index >= 15 is 0 Å². The lowest BCUT2D eigenvalue weighted by Gasteiger charge is -2.01. The van der Waals surface area contributed by atoms with Crippen LogP contribution >= 0.6 is 0 Å². The molecule has 2 rings (SSSR count). The summed E-state index contributed by atoms with van der Waals surface area (Å²) in [5, 5.41) is 8.88. The molecule has 82 valence electrons. The summed E-state index contributed by atoms with van der Waals surface area (Å²) < 4.78 is 0. The van der Waals surface area contributed by atoms with Gasteiger partial charge in [0.05, 0.1) is 10.9 Å². The van der Waals surface area contributed by atoms with Crippen molar-refractivity contribution in [3.8, 4) is 0 Å². The molecule has 0 unspecified atom stereocenters. The number of H-pyrrole nitrogens is 1. The summed E-state index contributed by atoms with van der Waals surface area (Å²) in [4.78, 5) is 29.3. The topological polar surface area (TPSA) is 95.1 Å². The minimum Gasteiger partial charge on any atom is -0.310 e. The zero-order valence-electron chi connectivity index (χ0n) is 8.44. The number of aromatic nitrogens is 2. The Bertz CT molecular complexity index is 618. The maximum Gasteiger partial charge on any atom is 0.274 e. The minimum absolute atomic E-state index is 0.243. The van der Waals surface area contributed by atoms with Gasteiger partial charge in [-0.3, -0.25) is 14.8 Å². The van der Waals surface area contributed by atoms with E-state index in [1.165, 1.54) is 23.7 Å². The molecule has 0 saturated heterocycles. The fourth-order valence-corrected chi connectivity index (χ4v) is 1.46. The number of amides is 1. The molecule has 1 aromatic carbocycles. The van der Waals surface area contributed by atoms with Gasteiger partial charge in [0, 0.05) is 5.56 Å². The number of hydroxylamine groups is 1. The molecule has 0 aliphatic rings. The summed E-state index contributed by atoms with van der Waals surface area (Å²) in [7, 11) is 0. The molecule has 1 amide bonds. The summed E-state index contributed by atoms with van der Waals surface area (Å²) in [6.07, 6.45) is 0. The molecule has 0 aliphatic heterocycles. The van der Waals surface area contributed by atoms with Crippen molar-refractivity contribution < 1.29 is 10.0 Å². The number of aromatic amines is 1. The van der Waals surface area contributed by atoms with E-state index in [4.69, 9.17) is 5.21 Å². The van der Waals surface area contributed by atoms with Crippen LogP contribution in [-0.2, 0) is 0 Å². The third-order valence-electron chi connectivity index (χ3n) is 2.19. The van der Waals surface area contributed by atoms with Crippen molar-refractivity contribution in [3.05, 3.63) is 39.9 Å². The molecule has 6 heteroatoms. The summed E-state index contributed by atoms with van der Waals surface area (Å²) in [5.74, 6) is -0.166. The summed E-state index contributed by atoms with van der Waals surface area (Å²) in [6.45, 7) is 1.65. The Morgan fingerprint density at radius 1 is 1.50 bits per heavy atom. The van der Waals surface area contributed by atoms with Crippen LogP contribution in [0.15, 0.2) is 23.0 Å². The molecule has 3 N–H and O–H groups in total. The minimum atomic E-state index is -0.637. The molecule has 2 aromatic rings. The molecule has 1 aromatic heterocycles.